The average molecular weight is 588 g/mol. The van der Waals surface area contributed by atoms with Crippen molar-refractivity contribution in [1.82, 2.24) is 0 Å². The highest BCUT2D eigenvalue weighted by atomic mass is 16.5. The molecule has 2 amide bonds. The van der Waals surface area contributed by atoms with Crippen LogP contribution in [0.2, 0.25) is 0 Å². The molecule has 1 aliphatic carbocycles. The molecular formula is C36H29NO7. The third-order valence-electron chi connectivity index (χ3n) is 8.27. The normalized spacial score (nSPS) is 19.3. The van der Waals surface area contributed by atoms with E-state index in [1.807, 2.05) is 18.2 Å². The van der Waals surface area contributed by atoms with E-state index in [0.717, 1.165) is 6.42 Å². The molecule has 0 aromatic heterocycles. The number of anilines is 1. The third-order valence-corrected chi connectivity index (χ3v) is 8.27. The van der Waals surface area contributed by atoms with Crippen molar-refractivity contribution >= 4 is 35.2 Å². The van der Waals surface area contributed by atoms with Crippen LogP contribution in [0.3, 0.4) is 0 Å². The smallest absolute Gasteiger partial charge is 0.343 e. The fraction of sp³-hybridized carbons (Fsp3) is 0.194. The van der Waals surface area contributed by atoms with Crippen molar-refractivity contribution < 1.29 is 33.4 Å². The number of ketones is 1. The van der Waals surface area contributed by atoms with E-state index in [-0.39, 0.29) is 40.5 Å². The molecule has 220 valence electrons. The second-order valence-corrected chi connectivity index (χ2v) is 11.0. The van der Waals surface area contributed by atoms with Crippen LogP contribution in [0.4, 0.5) is 5.69 Å². The van der Waals surface area contributed by atoms with Gasteiger partial charge in [-0.25, -0.2) is 9.59 Å². The number of benzene rings is 4. The number of rotatable bonds is 8. The molecule has 4 aromatic carbocycles. The maximum Gasteiger partial charge on any atom is 0.343 e. The van der Waals surface area contributed by atoms with Gasteiger partial charge >= 0.3 is 11.9 Å². The van der Waals surface area contributed by atoms with E-state index < -0.39 is 30.2 Å². The molecule has 1 heterocycles. The predicted molar refractivity (Wildman–Crippen MR) is 161 cm³/mol. The number of hydrogen-bond acceptors (Lipinski definition) is 7. The molecule has 0 radical (unpaired) electrons. The van der Waals surface area contributed by atoms with E-state index in [9.17, 15) is 24.0 Å². The van der Waals surface area contributed by atoms with Crippen molar-refractivity contribution in [1.29, 1.82) is 0 Å². The first-order valence-corrected chi connectivity index (χ1v) is 14.5. The molecule has 44 heavy (non-hydrogen) atoms. The van der Waals surface area contributed by atoms with Crippen LogP contribution in [-0.2, 0) is 14.3 Å². The van der Waals surface area contributed by atoms with Gasteiger partial charge in [-0.2, -0.15) is 0 Å². The molecule has 2 aliphatic rings. The summed E-state index contributed by atoms with van der Waals surface area (Å²) in [5, 5.41) is 0. The summed E-state index contributed by atoms with van der Waals surface area (Å²) in [5.74, 6) is -2.50. The fourth-order valence-corrected chi connectivity index (χ4v) is 5.98. The van der Waals surface area contributed by atoms with Gasteiger partial charge in [0.15, 0.2) is 12.4 Å². The van der Waals surface area contributed by atoms with Gasteiger partial charge in [-0.15, -0.1) is 0 Å². The molecule has 1 aliphatic heterocycles. The van der Waals surface area contributed by atoms with Crippen LogP contribution in [-0.4, -0.2) is 36.1 Å². The summed E-state index contributed by atoms with van der Waals surface area (Å²) in [6, 6.07) is 30.7. The second kappa shape index (κ2) is 12.5. The quantitative estimate of drug-likeness (QED) is 0.107. The lowest BCUT2D eigenvalue weighted by Gasteiger charge is -2.28. The Kier molecular flexibility index (Phi) is 8.14. The minimum Gasteiger partial charge on any atom is -0.454 e. The first kappa shape index (κ1) is 28.7. The maximum atomic E-state index is 13.5. The topological polar surface area (TPSA) is 107 Å². The van der Waals surface area contributed by atoms with Crippen molar-refractivity contribution in [2.45, 2.75) is 25.2 Å². The molecule has 0 spiro atoms. The summed E-state index contributed by atoms with van der Waals surface area (Å²) >= 11 is 0. The lowest BCUT2D eigenvalue weighted by molar-refractivity contribution is -0.122. The zero-order valence-corrected chi connectivity index (χ0v) is 23.8. The minimum absolute atomic E-state index is 0.121. The number of Topliss-reactive ketones (excluding diaryl/α,β-unsaturated/α-hetero) is 1. The Morgan fingerprint density at radius 2 is 1.32 bits per heavy atom. The molecule has 0 N–H and O–H groups in total. The van der Waals surface area contributed by atoms with Crippen LogP contribution in [0, 0.1) is 11.8 Å². The van der Waals surface area contributed by atoms with Crippen LogP contribution < -0.4 is 9.64 Å². The molecule has 3 atom stereocenters. The number of imide groups is 1. The Morgan fingerprint density at radius 1 is 0.659 bits per heavy atom. The molecule has 8 heteroatoms. The average Bonchev–Trinajstić information content (AvgIpc) is 3.33. The summed E-state index contributed by atoms with van der Waals surface area (Å²) < 4.78 is 10.6. The summed E-state index contributed by atoms with van der Waals surface area (Å²) in [5.41, 5.74) is 2.28. The van der Waals surface area contributed by atoms with Gasteiger partial charge in [0.25, 0.3) is 0 Å². The molecule has 4 aromatic rings. The number of ether oxygens (including phenoxy) is 2. The molecule has 1 saturated carbocycles. The van der Waals surface area contributed by atoms with Gasteiger partial charge in [-0.3, -0.25) is 19.3 Å². The number of hydrogen-bond donors (Lipinski definition) is 0. The van der Waals surface area contributed by atoms with Crippen LogP contribution in [0.25, 0.3) is 0 Å². The number of carbonyl (C=O) groups is 5. The van der Waals surface area contributed by atoms with Gasteiger partial charge in [-0.1, -0.05) is 54.6 Å². The Morgan fingerprint density at radius 3 is 2.05 bits per heavy atom. The highest BCUT2D eigenvalue weighted by Crippen LogP contribution is 2.45. The van der Waals surface area contributed by atoms with Crippen LogP contribution >= 0.6 is 0 Å². The van der Waals surface area contributed by atoms with Crippen molar-refractivity contribution in [2.24, 2.45) is 11.8 Å². The Hall–Kier alpha value is -5.37. The van der Waals surface area contributed by atoms with Crippen molar-refractivity contribution in [3.63, 3.8) is 0 Å². The fourth-order valence-electron chi connectivity index (χ4n) is 5.98. The Labute approximate surface area is 254 Å². The Bertz CT molecular complexity index is 1720. The number of fused-ring (bicyclic) bond motifs is 1. The first-order valence-electron chi connectivity index (χ1n) is 14.5. The third kappa shape index (κ3) is 5.92. The molecule has 0 unspecified atom stereocenters. The van der Waals surface area contributed by atoms with Gasteiger partial charge in [-0.05, 0) is 85.3 Å². The Balaban J connectivity index is 1.07. The lowest BCUT2D eigenvalue weighted by Crippen LogP contribution is -2.31. The van der Waals surface area contributed by atoms with E-state index in [4.69, 9.17) is 9.47 Å². The minimum atomic E-state index is -0.755. The SMILES string of the molecule is O=C(COC(=O)c1cccc(N2C(=O)[C@@H]3CC[C@@H](c4ccccc4)C[C@H]3C2=O)c1)c1ccc(OC(=O)c2ccccc2)cc1. The van der Waals surface area contributed by atoms with Gasteiger partial charge in [0.1, 0.15) is 5.75 Å². The zero-order chi connectivity index (χ0) is 30.6. The summed E-state index contributed by atoms with van der Waals surface area (Å²) in [6.45, 7) is -0.515. The maximum absolute atomic E-state index is 13.5. The molecule has 8 nitrogen and oxygen atoms in total. The van der Waals surface area contributed by atoms with Gasteiger partial charge < -0.3 is 9.47 Å². The van der Waals surface area contributed by atoms with Crippen molar-refractivity contribution in [3.05, 3.63) is 131 Å². The lowest BCUT2D eigenvalue weighted by atomic mass is 9.73. The predicted octanol–water partition coefficient (Wildman–Crippen LogP) is 6.02. The zero-order valence-electron chi connectivity index (χ0n) is 23.8. The van der Waals surface area contributed by atoms with Gasteiger partial charge in [0, 0.05) is 5.56 Å². The number of amides is 2. The van der Waals surface area contributed by atoms with Crippen LogP contribution in [0.1, 0.15) is 61.8 Å². The van der Waals surface area contributed by atoms with Gasteiger partial charge in [0.05, 0.1) is 28.7 Å². The number of esters is 2. The summed E-state index contributed by atoms with van der Waals surface area (Å²) in [6.07, 6.45) is 2.07. The largest absolute Gasteiger partial charge is 0.454 e. The molecule has 6 rings (SSSR count). The van der Waals surface area contributed by atoms with Crippen molar-refractivity contribution in [2.75, 3.05) is 11.5 Å². The standard InChI is InChI=1S/C36H29NO7/c38-32(24-14-17-29(18-15-24)44-36(42)25-10-5-2-6-11-25)22-43-35(41)27-12-7-13-28(20-27)37-33(39)30-19-16-26(21-31(30)34(37)40)23-8-3-1-4-9-23/h1-15,17-18,20,26,30-31H,16,19,21-22H2/t26-,30-,31-/m1/s1. The molecule has 1 saturated heterocycles. The van der Waals surface area contributed by atoms with E-state index in [0.29, 0.717) is 24.1 Å². The van der Waals surface area contributed by atoms with E-state index in [2.05, 4.69) is 12.1 Å². The van der Waals surface area contributed by atoms with E-state index in [1.54, 1.807) is 42.5 Å². The van der Waals surface area contributed by atoms with Crippen LogP contribution in [0.15, 0.2) is 109 Å². The summed E-state index contributed by atoms with van der Waals surface area (Å²) in [4.78, 5) is 65.7. The number of nitrogens with zero attached hydrogens (tertiary/aromatic N) is 1. The van der Waals surface area contributed by atoms with Crippen molar-refractivity contribution in [3.8, 4) is 5.75 Å². The highest BCUT2D eigenvalue weighted by molar-refractivity contribution is 6.22. The first-order chi connectivity index (χ1) is 21.4. The van der Waals surface area contributed by atoms with E-state index >= 15 is 0 Å². The second-order valence-electron chi connectivity index (χ2n) is 11.0. The monoisotopic (exact) mass is 587 g/mol. The molecule has 0 bridgehead atoms. The van der Waals surface area contributed by atoms with E-state index in [1.165, 1.54) is 46.9 Å². The van der Waals surface area contributed by atoms with Crippen LogP contribution in [0.5, 0.6) is 5.75 Å². The summed E-state index contributed by atoms with van der Waals surface area (Å²) in [7, 11) is 0. The highest BCUT2D eigenvalue weighted by Gasteiger charge is 2.50. The van der Waals surface area contributed by atoms with Gasteiger partial charge in [0.2, 0.25) is 11.8 Å². The molecular weight excluding hydrogens is 558 g/mol. The molecule has 2 fully saturated rings. The number of carbonyl (C=O) groups excluding carboxylic acids is 5.